The van der Waals surface area contributed by atoms with Crippen molar-refractivity contribution in [3.05, 3.63) is 30.3 Å². The average molecular weight is 329 g/mol. The smallest absolute Gasteiger partial charge is 0.223 e. The lowest BCUT2D eigenvalue weighted by Gasteiger charge is -2.34. The van der Waals surface area contributed by atoms with E-state index in [0.29, 0.717) is 25.5 Å². The van der Waals surface area contributed by atoms with E-state index in [-0.39, 0.29) is 29.8 Å². The van der Waals surface area contributed by atoms with E-state index in [9.17, 15) is 4.79 Å². The first-order valence-corrected chi connectivity index (χ1v) is 7.59. The van der Waals surface area contributed by atoms with Gasteiger partial charge in [-0.05, 0) is 31.4 Å². The van der Waals surface area contributed by atoms with Crippen molar-refractivity contribution < 1.29 is 9.53 Å². The van der Waals surface area contributed by atoms with Gasteiger partial charge in [0.1, 0.15) is 5.75 Å². The van der Waals surface area contributed by atoms with Crippen LogP contribution in [0.3, 0.4) is 0 Å². The van der Waals surface area contributed by atoms with Gasteiger partial charge in [0, 0.05) is 12.5 Å². The monoisotopic (exact) mass is 328 g/mol. The van der Waals surface area contributed by atoms with Crippen molar-refractivity contribution in [3.8, 4) is 5.75 Å². The molecule has 3 N–H and O–H groups in total. The molecular weight excluding hydrogens is 300 g/mol. The molecule has 0 aromatic heterocycles. The van der Waals surface area contributed by atoms with E-state index in [2.05, 4.69) is 19.2 Å². The molecule has 2 unspecified atom stereocenters. The molecule has 0 bridgehead atoms. The Labute approximate surface area is 140 Å². The maximum Gasteiger partial charge on any atom is 0.223 e. The van der Waals surface area contributed by atoms with Crippen molar-refractivity contribution >= 4 is 18.3 Å². The zero-order valence-electron chi connectivity index (χ0n) is 14.0. The lowest BCUT2D eigenvalue weighted by molar-refractivity contribution is -0.127. The number of benzene rings is 1. The fourth-order valence-electron chi connectivity index (χ4n) is 1.84. The lowest BCUT2D eigenvalue weighted by atomic mass is 9.87. The number of carbonyl (C=O) groups excluding carboxylic acids is 1. The first-order chi connectivity index (χ1) is 9.89. The highest BCUT2D eigenvalue weighted by molar-refractivity contribution is 5.85. The predicted molar refractivity (Wildman–Crippen MR) is 93.4 cm³/mol. The summed E-state index contributed by atoms with van der Waals surface area (Å²) < 4.78 is 5.63. The summed E-state index contributed by atoms with van der Waals surface area (Å²) in [5, 5.41) is 3.07. The second-order valence-corrected chi connectivity index (χ2v) is 6.12. The van der Waals surface area contributed by atoms with Gasteiger partial charge in [-0.3, -0.25) is 4.79 Å². The van der Waals surface area contributed by atoms with Crippen molar-refractivity contribution in [2.75, 3.05) is 13.2 Å². The Kier molecular flexibility index (Phi) is 9.14. The summed E-state index contributed by atoms with van der Waals surface area (Å²) in [4.78, 5) is 12.2. The summed E-state index contributed by atoms with van der Waals surface area (Å²) in [5.41, 5.74) is 5.44. The molecule has 0 spiro atoms. The van der Waals surface area contributed by atoms with Crippen LogP contribution in [0.2, 0.25) is 0 Å². The van der Waals surface area contributed by atoms with Crippen molar-refractivity contribution in [3.63, 3.8) is 0 Å². The van der Waals surface area contributed by atoms with Gasteiger partial charge in [-0.15, -0.1) is 12.4 Å². The number of nitrogens with one attached hydrogen (secondary N) is 1. The number of ether oxygens (including phenoxy) is 1. The molecule has 1 rings (SSSR count). The second kappa shape index (κ2) is 9.70. The number of halogens is 1. The minimum absolute atomic E-state index is 0. The normalized spacial score (nSPS) is 14.6. The van der Waals surface area contributed by atoms with E-state index >= 15 is 0 Å². The highest BCUT2D eigenvalue weighted by Gasteiger charge is 2.30. The molecule has 0 aliphatic carbocycles. The third-order valence-electron chi connectivity index (χ3n) is 4.12. The van der Waals surface area contributed by atoms with Crippen molar-refractivity contribution in [2.24, 2.45) is 17.6 Å². The first kappa shape index (κ1) is 20.7. The Morgan fingerprint density at radius 2 is 1.86 bits per heavy atom. The maximum absolute atomic E-state index is 12.2. The summed E-state index contributed by atoms with van der Waals surface area (Å²) in [7, 11) is 0. The van der Waals surface area contributed by atoms with Gasteiger partial charge in [0.2, 0.25) is 5.91 Å². The van der Waals surface area contributed by atoms with Crippen LogP contribution in [0.4, 0.5) is 0 Å². The van der Waals surface area contributed by atoms with Crippen LogP contribution in [-0.4, -0.2) is 24.6 Å². The summed E-state index contributed by atoms with van der Waals surface area (Å²) >= 11 is 0. The molecule has 4 nitrogen and oxygen atoms in total. The van der Waals surface area contributed by atoms with Gasteiger partial charge in [-0.25, -0.2) is 0 Å². The van der Waals surface area contributed by atoms with Crippen LogP contribution < -0.4 is 15.8 Å². The van der Waals surface area contributed by atoms with Crippen molar-refractivity contribution in [1.82, 2.24) is 5.32 Å². The van der Waals surface area contributed by atoms with E-state index in [4.69, 9.17) is 10.5 Å². The van der Waals surface area contributed by atoms with Crippen LogP contribution in [0.25, 0.3) is 0 Å². The topological polar surface area (TPSA) is 64.3 Å². The Balaban J connectivity index is 0.00000441. The zero-order chi connectivity index (χ0) is 15.9. The maximum atomic E-state index is 12.2. The molecule has 2 atom stereocenters. The number of para-hydroxylation sites is 1. The Morgan fingerprint density at radius 3 is 2.36 bits per heavy atom. The summed E-state index contributed by atoms with van der Waals surface area (Å²) in [6, 6.07) is 9.63. The quantitative estimate of drug-likeness (QED) is 0.771. The summed E-state index contributed by atoms with van der Waals surface area (Å²) in [6.07, 6.45) is 0.680. The molecule has 1 aromatic rings. The average Bonchev–Trinajstić information content (AvgIpc) is 2.47. The molecule has 1 aromatic carbocycles. The SMILES string of the molecule is CC(CCOc1ccccc1)C(=O)NC(C)(CN)C(C)C.Cl. The fourth-order valence-corrected chi connectivity index (χ4v) is 1.84. The molecule has 5 heteroatoms. The zero-order valence-corrected chi connectivity index (χ0v) is 14.8. The van der Waals surface area contributed by atoms with E-state index in [1.807, 2.05) is 44.2 Å². The van der Waals surface area contributed by atoms with Crippen LogP contribution in [0, 0.1) is 11.8 Å². The molecular formula is C17H29ClN2O2. The molecule has 1 amide bonds. The number of amides is 1. The van der Waals surface area contributed by atoms with Gasteiger partial charge in [-0.2, -0.15) is 0 Å². The van der Waals surface area contributed by atoms with Gasteiger partial charge in [-0.1, -0.05) is 39.0 Å². The minimum atomic E-state index is -0.356. The van der Waals surface area contributed by atoms with Gasteiger partial charge >= 0.3 is 0 Å². The Bertz CT molecular complexity index is 440. The highest BCUT2D eigenvalue weighted by atomic mass is 35.5. The molecule has 0 saturated heterocycles. The molecule has 22 heavy (non-hydrogen) atoms. The van der Waals surface area contributed by atoms with Gasteiger partial charge in [0.15, 0.2) is 0 Å². The van der Waals surface area contributed by atoms with Crippen LogP contribution in [0.5, 0.6) is 5.75 Å². The third-order valence-corrected chi connectivity index (χ3v) is 4.12. The molecule has 0 aliphatic rings. The van der Waals surface area contributed by atoms with Crippen LogP contribution in [0.15, 0.2) is 30.3 Å². The van der Waals surface area contributed by atoms with Gasteiger partial charge < -0.3 is 15.8 Å². The minimum Gasteiger partial charge on any atom is -0.494 e. The van der Waals surface area contributed by atoms with Crippen LogP contribution in [-0.2, 0) is 4.79 Å². The predicted octanol–water partition coefficient (Wildman–Crippen LogP) is 3.00. The van der Waals surface area contributed by atoms with E-state index < -0.39 is 0 Å². The van der Waals surface area contributed by atoms with E-state index in [0.717, 1.165) is 5.75 Å². The number of hydrogen-bond donors (Lipinski definition) is 2. The van der Waals surface area contributed by atoms with Crippen molar-refractivity contribution in [1.29, 1.82) is 0 Å². The number of rotatable bonds is 8. The molecule has 0 fully saturated rings. The molecule has 126 valence electrons. The van der Waals surface area contributed by atoms with E-state index in [1.54, 1.807) is 0 Å². The Hall–Kier alpha value is -1.26. The summed E-state index contributed by atoms with van der Waals surface area (Å²) in [6.45, 7) is 9.00. The highest BCUT2D eigenvalue weighted by Crippen LogP contribution is 2.17. The second-order valence-electron chi connectivity index (χ2n) is 6.12. The molecule has 0 saturated carbocycles. The fraction of sp³-hybridized carbons (Fsp3) is 0.588. The van der Waals surface area contributed by atoms with Crippen LogP contribution in [0.1, 0.15) is 34.1 Å². The molecule has 0 radical (unpaired) electrons. The number of nitrogens with two attached hydrogens (primary N) is 1. The standard InChI is InChI=1S/C17H28N2O2.ClH/c1-13(2)17(4,12-18)19-16(20)14(3)10-11-21-15-8-6-5-7-9-15;/h5-9,13-14H,10-12,18H2,1-4H3,(H,19,20);1H. The molecule has 0 heterocycles. The van der Waals surface area contributed by atoms with Gasteiger partial charge in [0.05, 0.1) is 12.1 Å². The Morgan fingerprint density at radius 1 is 1.27 bits per heavy atom. The summed E-state index contributed by atoms with van der Waals surface area (Å²) in [5.74, 6) is 1.06. The van der Waals surface area contributed by atoms with E-state index in [1.165, 1.54) is 0 Å². The van der Waals surface area contributed by atoms with Crippen LogP contribution >= 0.6 is 12.4 Å². The van der Waals surface area contributed by atoms with Crippen molar-refractivity contribution in [2.45, 2.75) is 39.7 Å². The number of hydrogen-bond acceptors (Lipinski definition) is 3. The lowest BCUT2D eigenvalue weighted by Crippen LogP contribution is -2.56. The largest absolute Gasteiger partial charge is 0.494 e. The number of carbonyl (C=O) groups is 1. The third kappa shape index (κ3) is 6.24. The first-order valence-electron chi connectivity index (χ1n) is 7.59. The molecule has 0 aliphatic heterocycles. The van der Waals surface area contributed by atoms with Gasteiger partial charge in [0.25, 0.3) is 0 Å².